The third-order valence-electron chi connectivity index (χ3n) is 2.27. The van der Waals surface area contributed by atoms with Gasteiger partial charge in [0.15, 0.2) is 6.61 Å². The Labute approximate surface area is 130 Å². The summed E-state index contributed by atoms with van der Waals surface area (Å²) in [6.07, 6.45) is 0. The number of hydrogen-bond donors (Lipinski definition) is 1. The Kier molecular flexibility index (Phi) is 5.04. The van der Waals surface area contributed by atoms with Crippen LogP contribution >= 0.6 is 34.2 Å². The van der Waals surface area contributed by atoms with Crippen LogP contribution in [0.3, 0.4) is 0 Å². The predicted octanol–water partition coefficient (Wildman–Crippen LogP) is 3.96. The Bertz CT molecular complexity index is 589. The summed E-state index contributed by atoms with van der Waals surface area (Å²) in [5, 5.41) is 3.35. The SMILES string of the molecule is O=C(COc1cccc(Cl)c1)Nc1cccc(I)c1. The minimum Gasteiger partial charge on any atom is -0.484 e. The third kappa shape index (κ3) is 4.72. The summed E-state index contributed by atoms with van der Waals surface area (Å²) >= 11 is 8.02. The van der Waals surface area contributed by atoms with E-state index >= 15 is 0 Å². The number of carbonyl (C=O) groups excluding carboxylic acids is 1. The molecule has 0 aliphatic rings. The highest BCUT2D eigenvalue weighted by Gasteiger charge is 2.04. The molecule has 0 saturated carbocycles. The van der Waals surface area contributed by atoms with Gasteiger partial charge in [-0.15, -0.1) is 0 Å². The maximum absolute atomic E-state index is 11.7. The summed E-state index contributed by atoms with van der Waals surface area (Å²) in [6, 6.07) is 14.5. The molecule has 98 valence electrons. The van der Waals surface area contributed by atoms with E-state index in [9.17, 15) is 4.79 Å². The van der Waals surface area contributed by atoms with Crippen LogP contribution < -0.4 is 10.1 Å². The van der Waals surface area contributed by atoms with Crippen LogP contribution in [0.5, 0.6) is 5.75 Å². The van der Waals surface area contributed by atoms with Crippen molar-refractivity contribution >= 4 is 45.8 Å². The van der Waals surface area contributed by atoms with Crippen molar-refractivity contribution in [2.24, 2.45) is 0 Å². The Morgan fingerprint density at radius 1 is 1.21 bits per heavy atom. The molecule has 2 aromatic rings. The lowest BCUT2D eigenvalue weighted by Crippen LogP contribution is -2.20. The molecule has 0 fully saturated rings. The van der Waals surface area contributed by atoms with Gasteiger partial charge in [-0.25, -0.2) is 0 Å². The van der Waals surface area contributed by atoms with Gasteiger partial charge >= 0.3 is 0 Å². The van der Waals surface area contributed by atoms with Crippen molar-refractivity contribution in [1.29, 1.82) is 0 Å². The molecule has 0 aromatic heterocycles. The van der Waals surface area contributed by atoms with E-state index in [4.69, 9.17) is 16.3 Å². The van der Waals surface area contributed by atoms with Crippen LogP contribution in [0, 0.1) is 3.57 Å². The average molecular weight is 388 g/mol. The molecule has 3 nitrogen and oxygen atoms in total. The van der Waals surface area contributed by atoms with E-state index in [2.05, 4.69) is 27.9 Å². The Morgan fingerprint density at radius 3 is 2.74 bits per heavy atom. The lowest BCUT2D eigenvalue weighted by Gasteiger charge is -2.08. The molecule has 0 heterocycles. The zero-order valence-corrected chi connectivity index (χ0v) is 12.8. The zero-order chi connectivity index (χ0) is 13.7. The lowest BCUT2D eigenvalue weighted by atomic mass is 10.3. The van der Waals surface area contributed by atoms with Crippen LogP contribution in [0.1, 0.15) is 0 Å². The fraction of sp³-hybridized carbons (Fsp3) is 0.0714. The topological polar surface area (TPSA) is 38.3 Å². The van der Waals surface area contributed by atoms with Crippen LogP contribution in [0.15, 0.2) is 48.5 Å². The number of amides is 1. The monoisotopic (exact) mass is 387 g/mol. The second-order valence-corrected chi connectivity index (χ2v) is 5.49. The second kappa shape index (κ2) is 6.77. The maximum atomic E-state index is 11.7. The molecule has 0 spiro atoms. The minimum absolute atomic E-state index is 0.0498. The highest BCUT2D eigenvalue weighted by molar-refractivity contribution is 14.1. The molecule has 0 bridgehead atoms. The molecule has 0 aliphatic carbocycles. The molecule has 2 aromatic carbocycles. The summed E-state index contributed by atoms with van der Waals surface area (Å²) in [5.41, 5.74) is 0.756. The van der Waals surface area contributed by atoms with Crippen LogP contribution in [0.4, 0.5) is 5.69 Å². The minimum atomic E-state index is -0.207. The first-order valence-electron chi connectivity index (χ1n) is 5.57. The molecule has 0 atom stereocenters. The first-order valence-corrected chi connectivity index (χ1v) is 7.03. The maximum Gasteiger partial charge on any atom is 0.262 e. The van der Waals surface area contributed by atoms with Crippen molar-refractivity contribution in [3.63, 3.8) is 0 Å². The lowest BCUT2D eigenvalue weighted by molar-refractivity contribution is -0.118. The van der Waals surface area contributed by atoms with Gasteiger partial charge in [0.2, 0.25) is 0 Å². The highest BCUT2D eigenvalue weighted by atomic mass is 127. The number of halogens is 2. The van der Waals surface area contributed by atoms with Crippen LogP contribution in [-0.2, 0) is 4.79 Å². The van der Waals surface area contributed by atoms with E-state index in [-0.39, 0.29) is 12.5 Å². The van der Waals surface area contributed by atoms with E-state index < -0.39 is 0 Å². The van der Waals surface area contributed by atoms with Gasteiger partial charge in [-0.05, 0) is 59.0 Å². The highest BCUT2D eigenvalue weighted by Crippen LogP contribution is 2.17. The predicted molar refractivity (Wildman–Crippen MR) is 84.7 cm³/mol. The quantitative estimate of drug-likeness (QED) is 0.807. The van der Waals surface area contributed by atoms with E-state index in [0.717, 1.165) is 9.26 Å². The van der Waals surface area contributed by atoms with E-state index in [1.807, 2.05) is 24.3 Å². The van der Waals surface area contributed by atoms with Crippen LogP contribution in [-0.4, -0.2) is 12.5 Å². The van der Waals surface area contributed by atoms with Crippen molar-refractivity contribution in [2.75, 3.05) is 11.9 Å². The molecule has 0 unspecified atom stereocenters. The largest absolute Gasteiger partial charge is 0.484 e. The van der Waals surface area contributed by atoms with Crippen LogP contribution in [0.2, 0.25) is 5.02 Å². The van der Waals surface area contributed by atoms with Crippen molar-refractivity contribution in [2.45, 2.75) is 0 Å². The van der Waals surface area contributed by atoms with E-state index in [1.54, 1.807) is 24.3 Å². The van der Waals surface area contributed by atoms with Gasteiger partial charge in [-0.3, -0.25) is 4.79 Å². The number of anilines is 1. The van der Waals surface area contributed by atoms with Gasteiger partial charge in [0, 0.05) is 14.3 Å². The fourth-order valence-corrected chi connectivity index (χ4v) is 2.19. The van der Waals surface area contributed by atoms with Crippen molar-refractivity contribution in [3.05, 3.63) is 57.1 Å². The molecule has 0 aliphatic heterocycles. The standard InChI is InChI=1S/C14H11ClINO2/c15-10-3-1-6-13(7-10)19-9-14(18)17-12-5-2-4-11(16)8-12/h1-8H,9H2,(H,17,18). The molecule has 1 amide bonds. The first-order chi connectivity index (χ1) is 9.13. The molecular formula is C14H11ClINO2. The van der Waals surface area contributed by atoms with E-state index in [1.165, 1.54) is 0 Å². The van der Waals surface area contributed by atoms with Crippen molar-refractivity contribution in [3.8, 4) is 5.75 Å². The molecule has 5 heteroatoms. The smallest absolute Gasteiger partial charge is 0.262 e. The van der Waals surface area contributed by atoms with Gasteiger partial charge in [-0.2, -0.15) is 0 Å². The summed E-state index contributed by atoms with van der Waals surface area (Å²) in [7, 11) is 0. The molecule has 19 heavy (non-hydrogen) atoms. The summed E-state index contributed by atoms with van der Waals surface area (Å²) in [5.74, 6) is 0.368. The summed E-state index contributed by atoms with van der Waals surface area (Å²) in [4.78, 5) is 11.7. The normalized spacial score (nSPS) is 10.0. The zero-order valence-electron chi connectivity index (χ0n) is 9.90. The molecule has 1 N–H and O–H groups in total. The number of rotatable bonds is 4. The Hall–Kier alpha value is -1.27. The van der Waals surface area contributed by atoms with E-state index in [0.29, 0.717) is 10.8 Å². The number of nitrogens with one attached hydrogen (secondary N) is 1. The Balaban J connectivity index is 1.88. The molecule has 0 radical (unpaired) electrons. The molecular weight excluding hydrogens is 377 g/mol. The van der Waals surface area contributed by atoms with Crippen molar-refractivity contribution < 1.29 is 9.53 Å². The Morgan fingerprint density at radius 2 is 2.00 bits per heavy atom. The first kappa shape index (κ1) is 14.1. The van der Waals surface area contributed by atoms with Gasteiger partial charge in [0.05, 0.1) is 0 Å². The second-order valence-electron chi connectivity index (χ2n) is 3.80. The van der Waals surface area contributed by atoms with Gasteiger partial charge in [0.1, 0.15) is 5.75 Å². The number of hydrogen-bond acceptors (Lipinski definition) is 2. The number of carbonyl (C=O) groups is 1. The van der Waals surface area contributed by atoms with Gasteiger partial charge < -0.3 is 10.1 Å². The van der Waals surface area contributed by atoms with Gasteiger partial charge in [0.25, 0.3) is 5.91 Å². The summed E-state index contributed by atoms with van der Waals surface area (Å²) in [6.45, 7) is -0.0498. The van der Waals surface area contributed by atoms with Crippen molar-refractivity contribution in [1.82, 2.24) is 0 Å². The fourth-order valence-electron chi connectivity index (χ4n) is 1.47. The number of benzene rings is 2. The van der Waals surface area contributed by atoms with Gasteiger partial charge in [-0.1, -0.05) is 23.7 Å². The van der Waals surface area contributed by atoms with Crippen LogP contribution in [0.25, 0.3) is 0 Å². The molecule has 0 saturated heterocycles. The average Bonchev–Trinajstić information content (AvgIpc) is 2.36. The third-order valence-corrected chi connectivity index (χ3v) is 3.18. The molecule has 2 rings (SSSR count). The summed E-state index contributed by atoms with van der Waals surface area (Å²) < 4.78 is 6.41. The number of ether oxygens (including phenoxy) is 1.